The van der Waals surface area contributed by atoms with Crippen molar-refractivity contribution in [2.24, 2.45) is 23.7 Å². The van der Waals surface area contributed by atoms with Crippen molar-refractivity contribution in [1.82, 2.24) is 10.2 Å². The van der Waals surface area contributed by atoms with Crippen molar-refractivity contribution in [3.05, 3.63) is 30.3 Å². The molecule has 3 aliphatic heterocycles. The maximum Gasteiger partial charge on any atom is 0.234 e. The predicted molar refractivity (Wildman–Crippen MR) is 109 cm³/mol. The summed E-state index contributed by atoms with van der Waals surface area (Å²) in [7, 11) is 0. The largest absolute Gasteiger partial charge is 0.371 e. The molecule has 3 saturated heterocycles. The smallest absolute Gasteiger partial charge is 0.234 e. The second-order valence-corrected chi connectivity index (χ2v) is 9.60. The molecule has 2 aliphatic carbocycles. The molecule has 4 heteroatoms. The third-order valence-corrected chi connectivity index (χ3v) is 7.56. The number of rotatable bonds is 5. The average molecular weight is 368 g/mol. The monoisotopic (exact) mass is 367 g/mol. The molecule has 146 valence electrons. The zero-order valence-corrected chi connectivity index (χ0v) is 16.4. The lowest BCUT2D eigenvalue weighted by Gasteiger charge is -2.39. The number of carbonyl (C=O) groups is 1. The minimum atomic E-state index is 0.245. The van der Waals surface area contributed by atoms with Crippen LogP contribution >= 0.6 is 0 Å². The Bertz CT molecular complexity index is 649. The highest BCUT2D eigenvalue weighted by Crippen LogP contribution is 2.47. The Morgan fingerprint density at radius 2 is 1.70 bits per heavy atom. The average Bonchev–Trinajstić information content (AvgIpc) is 3.07. The summed E-state index contributed by atoms with van der Waals surface area (Å²) in [6.07, 6.45) is 8.16. The van der Waals surface area contributed by atoms with E-state index in [4.69, 9.17) is 0 Å². The number of amides is 1. The fourth-order valence-corrected chi connectivity index (χ4v) is 6.45. The number of carbonyl (C=O) groups excluding carboxylic acids is 1. The third kappa shape index (κ3) is 3.87. The van der Waals surface area contributed by atoms with Gasteiger partial charge < -0.3 is 10.2 Å². The van der Waals surface area contributed by atoms with Gasteiger partial charge in [-0.15, -0.1) is 0 Å². The Morgan fingerprint density at radius 1 is 0.963 bits per heavy atom. The number of hydrogen-bond donors (Lipinski definition) is 1. The molecule has 1 aromatic carbocycles. The van der Waals surface area contributed by atoms with Crippen molar-refractivity contribution in [2.75, 3.05) is 37.6 Å². The van der Waals surface area contributed by atoms with Crippen LogP contribution in [0.15, 0.2) is 30.3 Å². The first-order valence-electron chi connectivity index (χ1n) is 11.0. The van der Waals surface area contributed by atoms with Gasteiger partial charge in [-0.1, -0.05) is 18.2 Å². The summed E-state index contributed by atoms with van der Waals surface area (Å²) >= 11 is 0. The van der Waals surface area contributed by atoms with Gasteiger partial charge in [-0.25, -0.2) is 0 Å². The normalized spacial score (nSPS) is 35.4. The van der Waals surface area contributed by atoms with Crippen LogP contribution in [-0.4, -0.2) is 49.6 Å². The van der Waals surface area contributed by atoms with E-state index in [2.05, 4.69) is 45.4 Å². The molecule has 3 atom stereocenters. The highest BCUT2D eigenvalue weighted by Gasteiger charge is 2.42. The Labute approximate surface area is 163 Å². The summed E-state index contributed by atoms with van der Waals surface area (Å²) in [5, 5.41) is 3.26. The molecule has 0 spiro atoms. The van der Waals surface area contributed by atoms with E-state index in [0.717, 1.165) is 43.9 Å². The topological polar surface area (TPSA) is 35.6 Å². The molecule has 1 amide bonds. The summed E-state index contributed by atoms with van der Waals surface area (Å²) in [6, 6.07) is 11.3. The summed E-state index contributed by atoms with van der Waals surface area (Å²) in [5.74, 6) is 3.56. The lowest BCUT2D eigenvalue weighted by atomic mass is 9.68. The molecule has 1 N–H and O–H groups in total. The van der Waals surface area contributed by atoms with Gasteiger partial charge in [-0.05, 0) is 74.3 Å². The predicted octanol–water partition coefficient (Wildman–Crippen LogP) is 3.14. The van der Waals surface area contributed by atoms with Gasteiger partial charge in [0.15, 0.2) is 0 Å². The van der Waals surface area contributed by atoms with E-state index >= 15 is 0 Å². The molecule has 27 heavy (non-hydrogen) atoms. The molecule has 3 unspecified atom stereocenters. The van der Waals surface area contributed by atoms with Crippen LogP contribution in [0.25, 0.3) is 0 Å². The van der Waals surface area contributed by atoms with E-state index in [1.165, 1.54) is 44.2 Å². The number of para-hydroxylation sites is 1. The highest BCUT2D eigenvalue weighted by atomic mass is 16.2. The molecule has 5 aliphatic rings. The number of nitrogens with zero attached hydrogens (tertiary/aromatic N) is 2. The lowest BCUT2D eigenvalue weighted by molar-refractivity contribution is -0.123. The SMILES string of the molecule is O=C(CN1CC2CC3CC(C2)CC1C3)NCC1CCN(c2ccccc2)C1. The molecule has 1 aromatic rings. The van der Waals surface area contributed by atoms with Gasteiger partial charge in [0.25, 0.3) is 0 Å². The molecule has 6 rings (SSSR count). The number of fused-ring (bicyclic) bond motifs is 1. The molecule has 0 radical (unpaired) electrons. The quantitative estimate of drug-likeness (QED) is 0.868. The Morgan fingerprint density at radius 3 is 2.48 bits per heavy atom. The first-order valence-corrected chi connectivity index (χ1v) is 11.0. The van der Waals surface area contributed by atoms with Crippen LogP contribution in [0.5, 0.6) is 0 Å². The molecule has 2 saturated carbocycles. The second kappa shape index (κ2) is 7.46. The van der Waals surface area contributed by atoms with Crippen molar-refractivity contribution in [3.8, 4) is 0 Å². The molecule has 4 nitrogen and oxygen atoms in total. The van der Waals surface area contributed by atoms with Crippen molar-refractivity contribution < 1.29 is 4.79 Å². The van der Waals surface area contributed by atoms with Gasteiger partial charge in [-0.3, -0.25) is 9.69 Å². The third-order valence-electron chi connectivity index (χ3n) is 7.56. The van der Waals surface area contributed by atoms with Crippen LogP contribution in [0.1, 0.15) is 38.5 Å². The fourth-order valence-electron chi connectivity index (χ4n) is 6.45. The van der Waals surface area contributed by atoms with Gasteiger partial charge in [0.05, 0.1) is 6.54 Å². The van der Waals surface area contributed by atoms with Gasteiger partial charge in [0.1, 0.15) is 0 Å². The second-order valence-electron chi connectivity index (χ2n) is 9.60. The van der Waals surface area contributed by atoms with Crippen LogP contribution in [0.2, 0.25) is 0 Å². The molecule has 4 bridgehead atoms. The van der Waals surface area contributed by atoms with Gasteiger partial charge in [0, 0.05) is 37.9 Å². The zero-order valence-electron chi connectivity index (χ0n) is 16.4. The van der Waals surface area contributed by atoms with Crippen molar-refractivity contribution in [1.29, 1.82) is 0 Å². The molecular weight excluding hydrogens is 334 g/mol. The Kier molecular flexibility index (Phi) is 4.85. The van der Waals surface area contributed by atoms with E-state index in [9.17, 15) is 4.79 Å². The zero-order chi connectivity index (χ0) is 18.2. The van der Waals surface area contributed by atoms with E-state index in [-0.39, 0.29) is 5.91 Å². The van der Waals surface area contributed by atoms with Crippen LogP contribution in [0, 0.1) is 23.7 Å². The summed E-state index contributed by atoms with van der Waals surface area (Å²) in [6.45, 7) is 4.77. The van der Waals surface area contributed by atoms with E-state index in [0.29, 0.717) is 18.5 Å². The van der Waals surface area contributed by atoms with Crippen LogP contribution in [0.4, 0.5) is 5.69 Å². The number of hydrogen-bond acceptors (Lipinski definition) is 3. The van der Waals surface area contributed by atoms with Crippen LogP contribution in [0.3, 0.4) is 0 Å². The fraction of sp³-hybridized carbons (Fsp3) is 0.696. The lowest BCUT2D eigenvalue weighted by Crippen LogP contribution is -2.45. The van der Waals surface area contributed by atoms with E-state index in [1.54, 1.807) is 0 Å². The molecule has 5 fully saturated rings. The van der Waals surface area contributed by atoms with Crippen molar-refractivity contribution in [2.45, 2.75) is 44.6 Å². The van der Waals surface area contributed by atoms with Crippen LogP contribution in [-0.2, 0) is 4.79 Å². The van der Waals surface area contributed by atoms with Crippen molar-refractivity contribution >= 4 is 11.6 Å². The number of anilines is 1. The van der Waals surface area contributed by atoms with Crippen molar-refractivity contribution in [3.63, 3.8) is 0 Å². The highest BCUT2D eigenvalue weighted by molar-refractivity contribution is 5.78. The minimum Gasteiger partial charge on any atom is -0.371 e. The Hall–Kier alpha value is -1.55. The first-order chi connectivity index (χ1) is 13.2. The van der Waals surface area contributed by atoms with Gasteiger partial charge >= 0.3 is 0 Å². The summed E-state index contributed by atoms with van der Waals surface area (Å²) in [5.41, 5.74) is 1.31. The molecular formula is C23H33N3O. The van der Waals surface area contributed by atoms with Gasteiger partial charge in [-0.2, -0.15) is 0 Å². The first kappa shape index (κ1) is 17.5. The number of benzene rings is 1. The minimum absolute atomic E-state index is 0.245. The Balaban J connectivity index is 1.10. The van der Waals surface area contributed by atoms with Gasteiger partial charge in [0.2, 0.25) is 5.91 Å². The van der Waals surface area contributed by atoms with Crippen LogP contribution < -0.4 is 10.2 Å². The molecule has 0 aromatic heterocycles. The number of nitrogens with one attached hydrogen (secondary N) is 1. The summed E-state index contributed by atoms with van der Waals surface area (Å²) in [4.78, 5) is 17.6. The standard InChI is InChI=1S/C23H33N3O/c27-23(16-26-15-20-9-18-8-19(10-20)12-22(26)11-18)24-13-17-6-7-25(14-17)21-4-2-1-3-5-21/h1-5,17-20,22H,6-16H2,(H,24,27). The summed E-state index contributed by atoms with van der Waals surface area (Å²) < 4.78 is 0. The van der Waals surface area contributed by atoms with E-state index < -0.39 is 0 Å². The molecule has 3 heterocycles. The van der Waals surface area contributed by atoms with E-state index in [1.807, 2.05) is 0 Å². The maximum atomic E-state index is 12.6. The maximum absolute atomic E-state index is 12.6.